The van der Waals surface area contributed by atoms with Gasteiger partial charge in [-0.1, -0.05) is 6.07 Å². The molecule has 5 nitrogen and oxygen atoms in total. The quantitative estimate of drug-likeness (QED) is 0.810. The Balaban J connectivity index is 1.29. The maximum absolute atomic E-state index is 12.5. The van der Waals surface area contributed by atoms with Crippen molar-refractivity contribution in [1.29, 1.82) is 0 Å². The van der Waals surface area contributed by atoms with E-state index >= 15 is 0 Å². The maximum Gasteiger partial charge on any atom is 0.227 e. The highest BCUT2D eigenvalue weighted by molar-refractivity contribution is 7.10. The largest absolute Gasteiger partial charge is 0.369 e. The third-order valence-corrected chi connectivity index (χ3v) is 6.50. The number of likely N-dealkylation sites (N-methyl/N-ethyl adjacent to an activating group) is 1. The molecule has 0 atom stereocenters. The number of carbonyl (C=O) groups excluding carboxylic acids is 1. The zero-order chi connectivity index (χ0) is 18.6. The molecule has 144 valence electrons. The predicted molar refractivity (Wildman–Crippen MR) is 113 cm³/mol. The Labute approximate surface area is 165 Å². The lowest BCUT2D eigenvalue weighted by molar-refractivity contribution is -0.130. The highest BCUT2D eigenvalue weighted by Gasteiger charge is 2.22. The first-order valence-corrected chi connectivity index (χ1v) is 10.7. The van der Waals surface area contributed by atoms with Crippen molar-refractivity contribution < 1.29 is 4.79 Å². The fourth-order valence-corrected chi connectivity index (χ4v) is 4.52. The second-order valence-electron chi connectivity index (χ2n) is 7.43. The number of anilines is 2. The zero-order valence-corrected chi connectivity index (χ0v) is 16.8. The molecule has 1 aromatic heterocycles. The number of thiophene rings is 1. The Bertz CT molecular complexity index is 730. The normalized spacial score (nSPS) is 18.8. The van der Waals surface area contributed by atoms with Gasteiger partial charge in [0.25, 0.3) is 0 Å². The van der Waals surface area contributed by atoms with Gasteiger partial charge in [0, 0.05) is 68.6 Å². The summed E-state index contributed by atoms with van der Waals surface area (Å²) in [5, 5.41) is 2.03. The minimum Gasteiger partial charge on any atom is -0.369 e. The lowest BCUT2D eigenvalue weighted by Crippen LogP contribution is -2.49. The number of carbonyl (C=O) groups is 1. The summed E-state index contributed by atoms with van der Waals surface area (Å²) in [6.07, 6.45) is 0.539. The number of amides is 1. The third-order valence-electron chi connectivity index (χ3n) is 5.62. The van der Waals surface area contributed by atoms with Crippen molar-refractivity contribution in [2.75, 3.05) is 69.2 Å². The van der Waals surface area contributed by atoms with Gasteiger partial charge in [-0.15, -0.1) is 11.3 Å². The van der Waals surface area contributed by atoms with Crippen LogP contribution in [0.2, 0.25) is 0 Å². The predicted octanol–water partition coefficient (Wildman–Crippen LogP) is 2.39. The molecule has 0 N–H and O–H groups in total. The standard InChI is InChI=1S/C21H28N4OS/c1-22-8-10-23(11-9-22)18-4-6-19(7-5-18)24-12-14-25(15-13-24)21(26)17-20-3-2-16-27-20/h2-7,16H,8-15,17H2,1H3. The Hall–Kier alpha value is -2.05. The van der Waals surface area contributed by atoms with Crippen LogP contribution in [-0.4, -0.2) is 75.1 Å². The molecule has 2 aliphatic rings. The number of rotatable bonds is 4. The molecule has 0 saturated carbocycles. The van der Waals surface area contributed by atoms with Crippen molar-refractivity contribution in [2.45, 2.75) is 6.42 Å². The molecule has 0 bridgehead atoms. The number of hydrogen-bond acceptors (Lipinski definition) is 5. The van der Waals surface area contributed by atoms with Crippen LogP contribution < -0.4 is 9.80 Å². The summed E-state index contributed by atoms with van der Waals surface area (Å²) >= 11 is 1.66. The zero-order valence-electron chi connectivity index (χ0n) is 16.0. The van der Waals surface area contributed by atoms with Crippen molar-refractivity contribution in [2.24, 2.45) is 0 Å². The Morgan fingerprint density at radius 3 is 1.93 bits per heavy atom. The van der Waals surface area contributed by atoms with Gasteiger partial charge in [0.1, 0.15) is 0 Å². The van der Waals surface area contributed by atoms with E-state index in [9.17, 15) is 4.79 Å². The number of hydrogen-bond donors (Lipinski definition) is 0. The van der Waals surface area contributed by atoms with Crippen LogP contribution in [0.15, 0.2) is 41.8 Å². The van der Waals surface area contributed by atoms with E-state index in [1.807, 2.05) is 22.4 Å². The van der Waals surface area contributed by atoms with Gasteiger partial charge < -0.3 is 19.6 Å². The fraction of sp³-hybridized carbons (Fsp3) is 0.476. The molecule has 1 amide bonds. The topological polar surface area (TPSA) is 30.0 Å². The van der Waals surface area contributed by atoms with Gasteiger partial charge in [0.2, 0.25) is 5.91 Å². The number of benzene rings is 1. The minimum absolute atomic E-state index is 0.252. The van der Waals surface area contributed by atoms with Crippen LogP contribution in [0.5, 0.6) is 0 Å². The molecular weight excluding hydrogens is 356 g/mol. The van der Waals surface area contributed by atoms with Gasteiger partial charge in [-0.2, -0.15) is 0 Å². The molecule has 2 aliphatic heterocycles. The van der Waals surface area contributed by atoms with Gasteiger partial charge in [0.15, 0.2) is 0 Å². The Kier molecular flexibility index (Phi) is 5.64. The van der Waals surface area contributed by atoms with Crippen molar-refractivity contribution >= 4 is 28.6 Å². The fourth-order valence-electron chi connectivity index (χ4n) is 3.83. The van der Waals surface area contributed by atoms with E-state index in [0.717, 1.165) is 57.2 Å². The monoisotopic (exact) mass is 384 g/mol. The van der Waals surface area contributed by atoms with Crippen LogP contribution in [0, 0.1) is 0 Å². The van der Waals surface area contributed by atoms with Gasteiger partial charge >= 0.3 is 0 Å². The van der Waals surface area contributed by atoms with E-state index in [4.69, 9.17) is 0 Å². The lowest BCUT2D eigenvalue weighted by atomic mass is 10.2. The van der Waals surface area contributed by atoms with E-state index in [0.29, 0.717) is 6.42 Å². The molecule has 4 rings (SSSR count). The van der Waals surface area contributed by atoms with Gasteiger partial charge in [0.05, 0.1) is 6.42 Å². The smallest absolute Gasteiger partial charge is 0.227 e. The maximum atomic E-state index is 12.5. The molecule has 1 aromatic carbocycles. The molecule has 27 heavy (non-hydrogen) atoms. The Morgan fingerprint density at radius 2 is 1.41 bits per heavy atom. The Morgan fingerprint density at radius 1 is 0.852 bits per heavy atom. The van der Waals surface area contributed by atoms with E-state index < -0.39 is 0 Å². The molecular formula is C21H28N4OS. The number of piperazine rings is 2. The lowest BCUT2D eigenvalue weighted by Gasteiger charge is -2.37. The summed E-state index contributed by atoms with van der Waals surface area (Å²) in [6.45, 7) is 7.89. The van der Waals surface area contributed by atoms with Crippen LogP contribution in [0.4, 0.5) is 11.4 Å². The molecule has 6 heteroatoms. The van der Waals surface area contributed by atoms with Crippen LogP contribution in [0.1, 0.15) is 4.88 Å². The highest BCUT2D eigenvalue weighted by atomic mass is 32.1. The van der Waals surface area contributed by atoms with Crippen LogP contribution in [0.3, 0.4) is 0 Å². The summed E-state index contributed by atoms with van der Waals surface area (Å²) < 4.78 is 0. The first kappa shape index (κ1) is 18.3. The SMILES string of the molecule is CN1CCN(c2ccc(N3CCN(C(=O)Cc4cccs4)CC3)cc2)CC1. The summed E-state index contributed by atoms with van der Waals surface area (Å²) in [4.78, 5) is 22.9. The van der Waals surface area contributed by atoms with E-state index in [1.54, 1.807) is 11.3 Å². The first-order valence-electron chi connectivity index (χ1n) is 9.78. The van der Waals surface area contributed by atoms with Crippen molar-refractivity contribution in [3.8, 4) is 0 Å². The van der Waals surface area contributed by atoms with Gasteiger partial charge in [-0.25, -0.2) is 0 Å². The molecule has 0 radical (unpaired) electrons. The van der Waals surface area contributed by atoms with Gasteiger partial charge in [-0.3, -0.25) is 4.79 Å². The van der Waals surface area contributed by atoms with E-state index in [2.05, 4.69) is 46.0 Å². The third kappa shape index (κ3) is 4.45. The molecule has 2 saturated heterocycles. The summed E-state index contributed by atoms with van der Waals surface area (Å²) in [5.41, 5.74) is 2.58. The second-order valence-corrected chi connectivity index (χ2v) is 8.46. The van der Waals surface area contributed by atoms with Crippen LogP contribution in [0.25, 0.3) is 0 Å². The molecule has 2 aromatic rings. The average Bonchev–Trinajstić information content (AvgIpc) is 3.22. The van der Waals surface area contributed by atoms with Crippen LogP contribution in [-0.2, 0) is 11.2 Å². The van der Waals surface area contributed by atoms with Crippen molar-refractivity contribution in [3.63, 3.8) is 0 Å². The molecule has 0 spiro atoms. The minimum atomic E-state index is 0.252. The van der Waals surface area contributed by atoms with Crippen LogP contribution >= 0.6 is 11.3 Å². The second kappa shape index (κ2) is 8.31. The molecule has 0 unspecified atom stereocenters. The summed E-state index contributed by atoms with van der Waals surface area (Å²) in [5.74, 6) is 0.252. The average molecular weight is 385 g/mol. The summed E-state index contributed by atoms with van der Waals surface area (Å²) in [6, 6.07) is 13.0. The molecule has 0 aliphatic carbocycles. The molecule has 2 fully saturated rings. The van der Waals surface area contributed by atoms with Gasteiger partial charge in [-0.05, 0) is 42.8 Å². The van der Waals surface area contributed by atoms with E-state index in [-0.39, 0.29) is 5.91 Å². The first-order chi connectivity index (χ1) is 13.2. The van der Waals surface area contributed by atoms with Crippen molar-refractivity contribution in [1.82, 2.24) is 9.80 Å². The van der Waals surface area contributed by atoms with Crippen molar-refractivity contribution in [3.05, 3.63) is 46.7 Å². The molecule has 3 heterocycles. The summed E-state index contributed by atoms with van der Waals surface area (Å²) in [7, 11) is 2.19. The highest BCUT2D eigenvalue weighted by Crippen LogP contribution is 2.23. The number of nitrogens with zero attached hydrogens (tertiary/aromatic N) is 4. The van der Waals surface area contributed by atoms with E-state index in [1.165, 1.54) is 11.4 Å².